The maximum Gasteiger partial charge on any atom is 0.336 e. The maximum atomic E-state index is 10.7. The predicted molar refractivity (Wildman–Crippen MR) is 55.5 cm³/mol. The lowest BCUT2D eigenvalue weighted by Gasteiger charge is -2.00. The van der Waals surface area contributed by atoms with Crippen LogP contribution in [0.2, 0.25) is 0 Å². The van der Waals surface area contributed by atoms with Gasteiger partial charge in [-0.2, -0.15) is 0 Å². The van der Waals surface area contributed by atoms with Gasteiger partial charge in [-0.1, -0.05) is 13.5 Å². The van der Waals surface area contributed by atoms with E-state index in [9.17, 15) is 9.59 Å². The predicted octanol–water partition coefficient (Wildman–Crippen LogP) is 1.66. The Morgan fingerprint density at radius 1 is 1.47 bits per heavy atom. The molecule has 0 aliphatic carbocycles. The van der Waals surface area contributed by atoms with Crippen LogP contribution in [-0.4, -0.2) is 28.8 Å². The quantitative estimate of drug-likeness (QED) is 0.424. The first kappa shape index (κ1) is 15.7. The Morgan fingerprint density at radius 2 is 1.93 bits per heavy atom. The van der Waals surface area contributed by atoms with E-state index >= 15 is 0 Å². The second-order valence-electron chi connectivity index (χ2n) is 2.49. The molecule has 0 aromatic heterocycles. The van der Waals surface area contributed by atoms with E-state index in [0.29, 0.717) is 6.61 Å². The number of ether oxygens (including phenoxy) is 1. The lowest BCUT2D eigenvalue weighted by molar-refractivity contribution is -0.139. The summed E-state index contributed by atoms with van der Waals surface area (Å²) >= 11 is 0. The van der Waals surface area contributed by atoms with Gasteiger partial charge < -0.3 is 14.9 Å². The molecule has 0 aliphatic rings. The van der Waals surface area contributed by atoms with Crippen LogP contribution in [0.1, 0.15) is 20.3 Å². The van der Waals surface area contributed by atoms with Crippen molar-refractivity contribution in [3.05, 3.63) is 24.5 Å². The maximum absolute atomic E-state index is 10.7. The number of aliphatic carboxylic acids is 1. The molecular weight excluding hydrogens is 200 g/mol. The summed E-state index contributed by atoms with van der Waals surface area (Å²) in [6, 6.07) is 0. The Morgan fingerprint density at radius 3 is 2.20 bits per heavy atom. The fourth-order valence-electron chi connectivity index (χ4n) is 0.361. The van der Waals surface area contributed by atoms with Crippen molar-refractivity contribution in [3.8, 4) is 0 Å². The Kier molecular flexibility index (Phi) is 10.8. The zero-order valence-electron chi connectivity index (χ0n) is 8.90. The fraction of sp³-hybridized carbons (Fsp3) is 0.400. The van der Waals surface area contributed by atoms with Crippen LogP contribution in [0.5, 0.6) is 0 Å². The number of esters is 1. The van der Waals surface area contributed by atoms with E-state index in [1.54, 1.807) is 0 Å². The molecule has 2 N–H and O–H groups in total. The molecule has 0 saturated heterocycles. The monoisotopic (exact) mass is 216 g/mol. The van der Waals surface area contributed by atoms with E-state index < -0.39 is 11.9 Å². The molecule has 15 heavy (non-hydrogen) atoms. The molecule has 0 unspecified atom stereocenters. The lowest BCUT2D eigenvalue weighted by Crippen LogP contribution is -2.06. The summed E-state index contributed by atoms with van der Waals surface area (Å²) in [6.07, 6.45) is 2.38. The molecule has 0 amide bonds. The summed E-state index contributed by atoms with van der Waals surface area (Å²) in [5, 5.41) is 15.9. The number of carbonyl (C=O) groups is 2. The average molecular weight is 216 g/mol. The van der Waals surface area contributed by atoms with E-state index in [0.717, 1.165) is 18.8 Å². The van der Waals surface area contributed by atoms with Crippen molar-refractivity contribution >= 4 is 11.9 Å². The molecule has 86 valence electrons. The number of rotatable bonds is 4. The van der Waals surface area contributed by atoms with Crippen LogP contribution in [0.25, 0.3) is 0 Å². The molecule has 0 saturated carbocycles. The molecule has 0 bridgehead atoms. The van der Waals surface area contributed by atoms with Crippen LogP contribution in [0.4, 0.5) is 0 Å². The molecule has 0 heterocycles. The SMILES string of the molecule is C=CC(=O)O.CCCOC(=O)C(C)=CO. The molecule has 0 spiro atoms. The van der Waals surface area contributed by atoms with Gasteiger partial charge in [0, 0.05) is 6.08 Å². The highest BCUT2D eigenvalue weighted by Crippen LogP contribution is 1.94. The van der Waals surface area contributed by atoms with Gasteiger partial charge in [0.1, 0.15) is 0 Å². The number of aliphatic hydroxyl groups is 1. The highest BCUT2D eigenvalue weighted by atomic mass is 16.5. The molecule has 0 rings (SSSR count). The highest BCUT2D eigenvalue weighted by molar-refractivity contribution is 5.87. The molecule has 5 heteroatoms. The van der Waals surface area contributed by atoms with Gasteiger partial charge >= 0.3 is 11.9 Å². The zero-order valence-corrected chi connectivity index (χ0v) is 8.90. The summed E-state index contributed by atoms with van der Waals surface area (Å²) in [7, 11) is 0. The molecule has 0 fully saturated rings. The minimum atomic E-state index is -0.981. The van der Waals surface area contributed by atoms with Gasteiger partial charge in [-0.3, -0.25) is 0 Å². The molecule has 0 atom stereocenters. The van der Waals surface area contributed by atoms with Gasteiger partial charge in [-0.15, -0.1) is 0 Å². The minimum absolute atomic E-state index is 0.230. The van der Waals surface area contributed by atoms with Crippen molar-refractivity contribution < 1.29 is 24.5 Å². The Bertz CT molecular complexity index is 242. The van der Waals surface area contributed by atoms with Crippen LogP contribution in [0.15, 0.2) is 24.5 Å². The normalized spacial score (nSPS) is 9.60. The van der Waals surface area contributed by atoms with E-state index in [1.807, 2.05) is 6.92 Å². The van der Waals surface area contributed by atoms with Crippen molar-refractivity contribution in [3.63, 3.8) is 0 Å². The van der Waals surface area contributed by atoms with Crippen LogP contribution < -0.4 is 0 Å². The molecule has 0 aromatic carbocycles. The largest absolute Gasteiger partial charge is 0.515 e. The van der Waals surface area contributed by atoms with Gasteiger partial charge in [0.2, 0.25) is 0 Å². The van der Waals surface area contributed by atoms with E-state index in [2.05, 4.69) is 11.3 Å². The molecule has 5 nitrogen and oxygen atoms in total. The summed E-state index contributed by atoms with van der Waals surface area (Å²) < 4.78 is 4.68. The molecule has 0 aliphatic heterocycles. The average Bonchev–Trinajstić information content (AvgIpc) is 2.25. The smallest absolute Gasteiger partial charge is 0.336 e. The topological polar surface area (TPSA) is 83.8 Å². The van der Waals surface area contributed by atoms with Crippen LogP contribution in [-0.2, 0) is 14.3 Å². The summed E-state index contributed by atoms with van der Waals surface area (Å²) in [4.78, 5) is 19.9. The van der Waals surface area contributed by atoms with E-state index in [-0.39, 0.29) is 5.57 Å². The van der Waals surface area contributed by atoms with Crippen LogP contribution in [0, 0.1) is 0 Å². The number of carboxylic acid groups (broad SMARTS) is 1. The van der Waals surface area contributed by atoms with E-state index in [4.69, 9.17) is 10.2 Å². The number of carbonyl (C=O) groups excluding carboxylic acids is 1. The Balaban J connectivity index is 0. The summed E-state index contributed by atoms with van der Waals surface area (Å²) in [6.45, 7) is 6.77. The number of hydrogen-bond acceptors (Lipinski definition) is 4. The fourth-order valence-corrected chi connectivity index (χ4v) is 0.361. The standard InChI is InChI=1S/C7H12O3.C3H4O2/c1-3-4-10-7(9)6(2)5-8;1-2-3(4)5/h5,8H,3-4H2,1-2H3;2H,1H2,(H,4,5). The first-order chi connectivity index (χ1) is 6.99. The van der Waals surface area contributed by atoms with Crippen LogP contribution in [0.3, 0.4) is 0 Å². The lowest BCUT2D eigenvalue weighted by atomic mass is 10.3. The molecule has 0 aromatic rings. The highest BCUT2D eigenvalue weighted by Gasteiger charge is 2.03. The van der Waals surface area contributed by atoms with Crippen molar-refractivity contribution in [1.29, 1.82) is 0 Å². The first-order valence-electron chi connectivity index (χ1n) is 4.33. The van der Waals surface area contributed by atoms with Gasteiger partial charge in [0.05, 0.1) is 18.4 Å². The zero-order chi connectivity index (χ0) is 12.3. The molecular formula is C10H16O5. The second-order valence-corrected chi connectivity index (χ2v) is 2.49. The van der Waals surface area contributed by atoms with Gasteiger partial charge in [0.15, 0.2) is 0 Å². The van der Waals surface area contributed by atoms with Crippen molar-refractivity contribution in [1.82, 2.24) is 0 Å². The van der Waals surface area contributed by atoms with Crippen molar-refractivity contribution in [2.24, 2.45) is 0 Å². The van der Waals surface area contributed by atoms with Crippen LogP contribution >= 0.6 is 0 Å². The van der Waals surface area contributed by atoms with Crippen molar-refractivity contribution in [2.75, 3.05) is 6.61 Å². The number of aliphatic hydroxyl groups excluding tert-OH is 1. The third kappa shape index (κ3) is 12.2. The third-order valence-corrected chi connectivity index (χ3v) is 1.13. The number of hydrogen-bond donors (Lipinski definition) is 2. The Hall–Kier alpha value is -1.78. The summed E-state index contributed by atoms with van der Waals surface area (Å²) in [5.74, 6) is -1.44. The van der Waals surface area contributed by atoms with Gasteiger partial charge in [-0.25, -0.2) is 9.59 Å². The Labute approximate surface area is 88.7 Å². The minimum Gasteiger partial charge on any atom is -0.515 e. The van der Waals surface area contributed by atoms with E-state index in [1.165, 1.54) is 6.92 Å². The molecule has 0 radical (unpaired) electrons. The van der Waals surface area contributed by atoms with Crippen molar-refractivity contribution in [2.45, 2.75) is 20.3 Å². The second kappa shape index (κ2) is 10.3. The van der Waals surface area contributed by atoms with Gasteiger partial charge in [0.25, 0.3) is 0 Å². The number of carboxylic acids is 1. The first-order valence-corrected chi connectivity index (χ1v) is 4.33. The third-order valence-electron chi connectivity index (χ3n) is 1.13. The van der Waals surface area contributed by atoms with Gasteiger partial charge in [-0.05, 0) is 13.3 Å². The summed E-state index contributed by atoms with van der Waals surface area (Å²) in [5.41, 5.74) is 0.230.